The van der Waals surface area contributed by atoms with E-state index in [0.29, 0.717) is 22.9 Å². The van der Waals surface area contributed by atoms with Crippen molar-refractivity contribution in [3.63, 3.8) is 0 Å². The van der Waals surface area contributed by atoms with Gasteiger partial charge < -0.3 is 10.5 Å². The number of ether oxygens (including phenoxy) is 1. The lowest BCUT2D eigenvalue weighted by Crippen LogP contribution is -1.93. The van der Waals surface area contributed by atoms with Crippen molar-refractivity contribution in [3.05, 3.63) is 42.4 Å². The highest BCUT2D eigenvalue weighted by atomic mass is 16.5. The van der Waals surface area contributed by atoms with Crippen molar-refractivity contribution in [2.75, 3.05) is 5.73 Å². The number of aromatic nitrogens is 2. The summed E-state index contributed by atoms with van der Waals surface area (Å²) in [6.45, 7) is 0. The molecule has 0 unspecified atom stereocenters. The quantitative estimate of drug-likeness (QED) is 0.766. The van der Waals surface area contributed by atoms with Crippen molar-refractivity contribution >= 4 is 5.69 Å². The first-order valence-corrected chi connectivity index (χ1v) is 4.53. The minimum absolute atomic E-state index is 0.374. The largest absolute Gasteiger partial charge is 0.438 e. The number of nitrogens with two attached hydrogens (primary N) is 1. The Labute approximate surface area is 92.1 Å². The number of nitriles is 1. The molecule has 1 aromatic heterocycles. The molecule has 2 rings (SSSR count). The van der Waals surface area contributed by atoms with Gasteiger partial charge in [-0.15, -0.1) is 0 Å². The molecule has 0 aliphatic carbocycles. The Morgan fingerprint density at radius 3 is 2.88 bits per heavy atom. The van der Waals surface area contributed by atoms with Crippen LogP contribution in [0.4, 0.5) is 5.69 Å². The number of hydrogen-bond donors (Lipinski definition) is 1. The molecule has 0 atom stereocenters. The Balaban J connectivity index is 2.32. The first-order valence-electron chi connectivity index (χ1n) is 4.53. The van der Waals surface area contributed by atoms with Gasteiger partial charge in [-0.25, -0.2) is 9.97 Å². The molecule has 0 aliphatic rings. The van der Waals surface area contributed by atoms with Gasteiger partial charge in [-0.3, -0.25) is 0 Å². The third-order valence-electron chi connectivity index (χ3n) is 1.89. The fourth-order valence-corrected chi connectivity index (χ4v) is 1.18. The maximum Gasteiger partial charge on any atom is 0.222 e. The third-order valence-corrected chi connectivity index (χ3v) is 1.89. The molecule has 5 heteroatoms. The van der Waals surface area contributed by atoms with Gasteiger partial charge in [0.1, 0.15) is 18.1 Å². The van der Waals surface area contributed by atoms with Crippen LogP contribution in [0.1, 0.15) is 5.56 Å². The Hall–Kier alpha value is -2.61. The molecule has 0 aliphatic heterocycles. The van der Waals surface area contributed by atoms with Gasteiger partial charge in [0.05, 0.1) is 5.56 Å². The first-order chi connectivity index (χ1) is 7.79. The summed E-state index contributed by atoms with van der Waals surface area (Å²) in [6.07, 6.45) is 2.93. The average Bonchev–Trinajstić information content (AvgIpc) is 2.33. The highest BCUT2D eigenvalue weighted by Gasteiger charge is 2.05. The molecule has 0 fully saturated rings. The van der Waals surface area contributed by atoms with E-state index in [1.165, 1.54) is 6.33 Å². The zero-order valence-corrected chi connectivity index (χ0v) is 8.29. The second-order valence-corrected chi connectivity index (χ2v) is 3.02. The van der Waals surface area contributed by atoms with Crippen molar-refractivity contribution in [3.8, 4) is 17.7 Å². The molecular weight excluding hydrogens is 204 g/mol. The van der Waals surface area contributed by atoms with E-state index in [1.54, 1.807) is 30.5 Å². The van der Waals surface area contributed by atoms with Crippen molar-refractivity contribution in [1.29, 1.82) is 5.26 Å². The molecule has 0 bridgehead atoms. The Morgan fingerprint density at radius 2 is 2.19 bits per heavy atom. The predicted molar refractivity (Wildman–Crippen MR) is 57.7 cm³/mol. The summed E-state index contributed by atoms with van der Waals surface area (Å²) in [4.78, 5) is 7.67. The molecule has 2 N–H and O–H groups in total. The normalized spacial score (nSPS) is 9.44. The number of nitrogens with zero attached hydrogens (tertiary/aromatic N) is 3. The second-order valence-electron chi connectivity index (χ2n) is 3.02. The van der Waals surface area contributed by atoms with Gasteiger partial charge in [-0.1, -0.05) is 0 Å². The maximum absolute atomic E-state index is 8.90. The second kappa shape index (κ2) is 4.28. The Kier molecular flexibility index (Phi) is 2.65. The molecule has 1 heterocycles. The summed E-state index contributed by atoms with van der Waals surface area (Å²) >= 11 is 0. The van der Waals surface area contributed by atoms with Gasteiger partial charge in [0.25, 0.3) is 0 Å². The van der Waals surface area contributed by atoms with E-state index in [4.69, 9.17) is 15.7 Å². The Bertz CT molecular complexity index is 533. The minimum atomic E-state index is 0.374. The predicted octanol–water partition coefficient (Wildman–Crippen LogP) is 1.72. The van der Waals surface area contributed by atoms with Crippen LogP contribution in [-0.4, -0.2) is 9.97 Å². The number of benzene rings is 1. The van der Waals surface area contributed by atoms with E-state index in [2.05, 4.69) is 9.97 Å². The van der Waals surface area contributed by atoms with Crippen molar-refractivity contribution in [1.82, 2.24) is 9.97 Å². The molecule has 5 nitrogen and oxygen atoms in total. The lowest BCUT2D eigenvalue weighted by atomic mass is 10.2. The third kappa shape index (κ3) is 2.07. The molecule has 78 valence electrons. The van der Waals surface area contributed by atoms with E-state index in [9.17, 15) is 0 Å². The summed E-state index contributed by atoms with van der Waals surface area (Å²) in [5, 5.41) is 8.90. The highest BCUT2D eigenvalue weighted by Crippen LogP contribution is 2.24. The number of rotatable bonds is 2. The fourth-order valence-electron chi connectivity index (χ4n) is 1.18. The zero-order valence-electron chi connectivity index (χ0n) is 8.29. The van der Waals surface area contributed by atoms with E-state index >= 15 is 0 Å². The van der Waals surface area contributed by atoms with Crippen molar-refractivity contribution in [2.24, 2.45) is 0 Å². The number of hydrogen-bond acceptors (Lipinski definition) is 5. The van der Waals surface area contributed by atoms with Gasteiger partial charge >= 0.3 is 0 Å². The Morgan fingerprint density at radius 1 is 1.31 bits per heavy atom. The van der Waals surface area contributed by atoms with Crippen LogP contribution in [0.2, 0.25) is 0 Å². The van der Waals surface area contributed by atoms with Crippen molar-refractivity contribution < 1.29 is 4.74 Å². The molecule has 16 heavy (non-hydrogen) atoms. The summed E-state index contributed by atoms with van der Waals surface area (Å²) in [7, 11) is 0. The average molecular weight is 212 g/mol. The molecule has 0 radical (unpaired) electrons. The van der Waals surface area contributed by atoms with Crippen LogP contribution in [0.25, 0.3) is 0 Å². The fraction of sp³-hybridized carbons (Fsp3) is 0. The topological polar surface area (TPSA) is 84.8 Å². The molecule has 0 spiro atoms. The lowest BCUT2D eigenvalue weighted by molar-refractivity contribution is 0.460. The molecule has 1 aromatic carbocycles. The van der Waals surface area contributed by atoms with Crippen LogP contribution in [0.3, 0.4) is 0 Å². The number of nitrogen functional groups attached to an aromatic ring is 1. The van der Waals surface area contributed by atoms with Gasteiger partial charge in [0, 0.05) is 18.0 Å². The summed E-state index contributed by atoms with van der Waals surface area (Å²) < 4.78 is 5.43. The van der Waals surface area contributed by atoms with E-state index < -0.39 is 0 Å². The van der Waals surface area contributed by atoms with Crippen LogP contribution in [0.5, 0.6) is 11.6 Å². The van der Waals surface area contributed by atoms with Crippen LogP contribution < -0.4 is 10.5 Å². The van der Waals surface area contributed by atoms with Gasteiger partial charge in [-0.05, 0) is 18.2 Å². The standard InChI is InChI=1S/C11H8N4O/c12-6-8-5-9(13)1-2-10(8)16-11-3-4-14-7-15-11/h1-5,7H,13H2. The monoisotopic (exact) mass is 212 g/mol. The summed E-state index contributed by atoms with van der Waals surface area (Å²) in [5.74, 6) is 0.812. The first kappa shape index (κ1) is 9.93. The van der Waals surface area contributed by atoms with Gasteiger partial charge in [0.15, 0.2) is 0 Å². The van der Waals surface area contributed by atoms with E-state index in [0.717, 1.165) is 0 Å². The minimum Gasteiger partial charge on any atom is -0.438 e. The van der Waals surface area contributed by atoms with E-state index in [-0.39, 0.29) is 0 Å². The smallest absolute Gasteiger partial charge is 0.222 e. The van der Waals surface area contributed by atoms with Crippen LogP contribution in [0, 0.1) is 11.3 Å². The molecule has 0 saturated heterocycles. The number of anilines is 1. The molecule has 0 amide bonds. The van der Waals surface area contributed by atoms with Crippen molar-refractivity contribution in [2.45, 2.75) is 0 Å². The van der Waals surface area contributed by atoms with Crippen LogP contribution >= 0.6 is 0 Å². The molecule has 2 aromatic rings. The van der Waals surface area contributed by atoms with Gasteiger partial charge in [0.2, 0.25) is 5.88 Å². The summed E-state index contributed by atoms with van der Waals surface area (Å²) in [5.41, 5.74) is 6.46. The van der Waals surface area contributed by atoms with Crippen LogP contribution in [0.15, 0.2) is 36.8 Å². The van der Waals surface area contributed by atoms with Gasteiger partial charge in [-0.2, -0.15) is 5.26 Å². The maximum atomic E-state index is 8.90. The highest BCUT2D eigenvalue weighted by molar-refractivity contribution is 5.53. The zero-order chi connectivity index (χ0) is 11.4. The summed E-state index contributed by atoms with van der Waals surface area (Å²) in [6, 6.07) is 8.47. The van der Waals surface area contributed by atoms with E-state index in [1.807, 2.05) is 6.07 Å². The lowest BCUT2D eigenvalue weighted by Gasteiger charge is -2.05. The van der Waals surface area contributed by atoms with Crippen LogP contribution in [-0.2, 0) is 0 Å². The molecule has 0 saturated carbocycles. The molecular formula is C11H8N4O. The SMILES string of the molecule is N#Cc1cc(N)ccc1Oc1ccncn1.